The summed E-state index contributed by atoms with van der Waals surface area (Å²) in [5, 5.41) is 0. The van der Waals surface area contributed by atoms with E-state index in [1.807, 2.05) is 24.3 Å². The zero-order chi connectivity index (χ0) is 12.1. The Labute approximate surface area is 112 Å². The fourth-order valence-electron chi connectivity index (χ4n) is 2.58. The molecule has 1 saturated carbocycles. The molecular formula is C15H19BrO. The van der Waals surface area contributed by atoms with Crippen molar-refractivity contribution in [3.05, 3.63) is 34.3 Å². The lowest BCUT2D eigenvalue weighted by Gasteiger charge is -2.13. The van der Waals surface area contributed by atoms with Crippen LogP contribution in [0.15, 0.2) is 28.7 Å². The molecule has 0 N–H and O–H groups in total. The lowest BCUT2D eigenvalue weighted by molar-refractivity contribution is -0.122. The number of carbonyl (C=O) groups is 1. The number of carbonyl (C=O) groups excluding carboxylic acids is 1. The molecule has 2 heteroatoms. The summed E-state index contributed by atoms with van der Waals surface area (Å²) in [4.78, 5) is 12.3. The van der Waals surface area contributed by atoms with E-state index < -0.39 is 0 Å². The average Bonchev–Trinajstić information content (AvgIpc) is 2.61. The van der Waals surface area contributed by atoms with Crippen molar-refractivity contribution >= 4 is 21.7 Å². The molecule has 0 atom stereocenters. The van der Waals surface area contributed by atoms with Gasteiger partial charge in [-0.05, 0) is 24.5 Å². The predicted molar refractivity (Wildman–Crippen MR) is 74.0 cm³/mol. The summed E-state index contributed by atoms with van der Waals surface area (Å²) in [6.07, 6.45) is 7.86. The van der Waals surface area contributed by atoms with Crippen molar-refractivity contribution in [2.24, 2.45) is 5.92 Å². The van der Waals surface area contributed by atoms with E-state index in [9.17, 15) is 4.79 Å². The maximum absolute atomic E-state index is 12.3. The Kier molecular flexibility index (Phi) is 4.78. The highest BCUT2D eigenvalue weighted by molar-refractivity contribution is 9.10. The first-order chi connectivity index (χ1) is 8.27. The Morgan fingerprint density at radius 1 is 1.12 bits per heavy atom. The van der Waals surface area contributed by atoms with Crippen molar-refractivity contribution in [3.8, 4) is 0 Å². The molecule has 1 aromatic carbocycles. The summed E-state index contributed by atoms with van der Waals surface area (Å²) in [5.41, 5.74) is 1.13. The minimum Gasteiger partial charge on any atom is -0.299 e. The smallest absolute Gasteiger partial charge is 0.140 e. The number of rotatable bonds is 3. The topological polar surface area (TPSA) is 17.1 Å². The van der Waals surface area contributed by atoms with Gasteiger partial charge in [0.15, 0.2) is 0 Å². The van der Waals surface area contributed by atoms with Gasteiger partial charge in [0, 0.05) is 16.8 Å². The molecule has 0 radical (unpaired) electrons. The zero-order valence-electron chi connectivity index (χ0n) is 10.1. The van der Waals surface area contributed by atoms with E-state index in [4.69, 9.17) is 0 Å². The van der Waals surface area contributed by atoms with Gasteiger partial charge in [0.1, 0.15) is 5.78 Å². The van der Waals surface area contributed by atoms with Crippen LogP contribution in [0.1, 0.15) is 44.1 Å². The molecule has 0 spiro atoms. The molecule has 0 bridgehead atoms. The third kappa shape index (κ3) is 3.67. The lowest BCUT2D eigenvalue weighted by Crippen LogP contribution is -2.16. The Hall–Kier alpha value is -0.630. The molecule has 1 fully saturated rings. The highest BCUT2D eigenvalue weighted by Gasteiger charge is 2.20. The number of Topliss-reactive ketones (excluding diaryl/α,β-unsaturated/α-hetero) is 1. The van der Waals surface area contributed by atoms with Crippen LogP contribution in [0, 0.1) is 5.92 Å². The van der Waals surface area contributed by atoms with Crippen molar-refractivity contribution in [1.29, 1.82) is 0 Å². The maximum Gasteiger partial charge on any atom is 0.140 e. The van der Waals surface area contributed by atoms with E-state index in [0.29, 0.717) is 18.1 Å². The summed E-state index contributed by atoms with van der Waals surface area (Å²) in [6.45, 7) is 0. The lowest BCUT2D eigenvalue weighted by atomic mass is 9.91. The SMILES string of the molecule is O=C(Cc1ccccc1Br)C1CCCCCC1. The molecule has 0 saturated heterocycles. The number of benzene rings is 1. The molecule has 2 rings (SSSR count). The molecular weight excluding hydrogens is 276 g/mol. The fourth-order valence-corrected chi connectivity index (χ4v) is 3.00. The quantitative estimate of drug-likeness (QED) is 0.749. The molecule has 92 valence electrons. The summed E-state index contributed by atoms with van der Waals surface area (Å²) in [6, 6.07) is 8.04. The van der Waals surface area contributed by atoms with Crippen molar-refractivity contribution in [1.82, 2.24) is 0 Å². The fraction of sp³-hybridized carbons (Fsp3) is 0.533. The molecule has 0 aliphatic heterocycles. The molecule has 0 unspecified atom stereocenters. The van der Waals surface area contributed by atoms with Gasteiger partial charge in [0.25, 0.3) is 0 Å². The van der Waals surface area contributed by atoms with Crippen LogP contribution >= 0.6 is 15.9 Å². The van der Waals surface area contributed by atoms with Crippen LogP contribution in [0.2, 0.25) is 0 Å². The first kappa shape index (κ1) is 12.8. The van der Waals surface area contributed by atoms with E-state index in [1.54, 1.807) is 0 Å². The third-order valence-electron chi connectivity index (χ3n) is 3.63. The molecule has 1 aliphatic rings. The minimum absolute atomic E-state index is 0.310. The van der Waals surface area contributed by atoms with Gasteiger partial charge in [-0.2, -0.15) is 0 Å². The molecule has 0 amide bonds. The highest BCUT2D eigenvalue weighted by atomic mass is 79.9. The number of ketones is 1. The maximum atomic E-state index is 12.3. The van der Waals surface area contributed by atoms with Crippen LogP contribution in [0.3, 0.4) is 0 Å². The monoisotopic (exact) mass is 294 g/mol. The first-order valence-corrected chi connectivity index (χ1v) is 7.33. The Bertz CT molecular complexity index is 378. The molecule has 0 aromatic heterocycles. The average molecular weight is 295 g/mol. The van der Waals surface area contributed by atoms with Gasteiger partial charge in [0.2, 0.25) is 0 Å². The van der Waals surface area contributed by atoms with Crippen LogP contribution in [-0.4, -0.2) is 5.78 Å². The minimum atomic E-state index is 0.310. The third-order valence-corrected chi connectivity index (χ3v) is 4.41. The van der Waals surface area contributed by atoms with Crippen LogP contribution < -0.4 is 0 Å². The molecule has 1 aliphatic carbocycles. The Morgan fingerprint density at radius 2 is 1.76 bits per heavy atom. The molecule has 0 heterocycles. The van der Waals surface area contributed by atoms with Gasteiger partial charge in [-0.15, -0.1) is 0 Å². The summed E-state index contributed by atoms with van der Waals surface area (Å²) >= 11 is 3.51. The predicted octanol–water partition coefficient (Wildman–Crippen LogP) is 4.53. The number of halogens is 1. The summed E-state index contributed by atoms with van der Waals surface area (Å²) in [5.74, 6) is 0.739. The molecule has 17 heavy (non-hydrogen) atoms. The summed E-state index contributed by atoms with van der Waals surface area (Å²) in [7, 11) is 0. The van der Waals surface area contributed by atoms with Gasteiger partial charge in [0.05, 0.1) is 0 Å². The second-order valence-electron chi connectivity index (χ2n) is 4.92. The van der Waals surface area contributed by atoms with Gasteiger partial charge in [-0.3, -0.25) is 4.79 Å². The van der Waals surface area contributed by atoms with E-state index >= 15 is 0 Å². The van der Waals surface area contributed by atoms with Crippen molar-refractivity contribution in [2.45, 2.75) is 44.9 Å². The van der Waals surface area contributed by atoms with E-state index in [-0.39, 0.29) is 0 Å². The second-order valence-corrected chi connectivity index (χ2v) is 5.78. The van der Waals surface area contributed by atoms with E-state index in [0.717, 1.165) is 22.9 Å². The highest BCUT2D eigenvalue weighted by Crippen LogP contribution is 2.26. The van der Waals surface area contributed by atoms with Crippen molar-refractivity contribution in [2.75, 3.05) is 0 Å². The normalized spacial score (nSPS) is 17.7. The first-order valence-electron chi connectivity index (χ1n) is 6.53. The number of hydrogen-bond donors (Lipinski definition) is 0. The van der Waals surface area contributed by atoms with Gasteiger partial charge in [-0.1, -0.05) is 59.8 Å². The molecule has 1 nitrogen and oxygen atoms in total. The van der Waals surface area contributed by atoms with Crippen LogP contribution in [0.25, 0.3) is 0 Å². The largest absolute Gasteiger partial charge is 0.299 e. The van der Waals surface area contributed by atoms with E-state index in [2.05, 4.69) is 15.9 Å². The van der Waals surface area contributed by atoms with E-state index in [1.165, 1.54) is 25.7 Å². The van der Waals surface area contributed by atoms with Crippen LogP contribution in [-0.2, 0) is 11.2 Å². The van der Waals surface area contributed by atoms with Gasteiger partial charge < -0.3 is 0 Å². The van der Waals surface area contributed by atoms with Gasteiger partial charge >= 0.3 is 0 Å². The molecule has 1 aromatic rings. The zero-order valence-corrected chi connectivity index (χ0v) is 11.7. The Balaban J connectivity index is 1.98. The van der Waals surface area contributed by atoms with Crippen molar-refractivity contribution < 1.29 is 4.79 Å². The Morgan fingerprint density at radius 3 is 2.41 bits per heavy atom. The second kappa shape index (κ2) is 6.34. The number of hydrogen-bond acceptors (Lipinski definition) is 1. The van der Waals surface area contributed by atoms with Gasteiger partial charge in [-0.25, -0.2) is 0 Å². The van der Waals surface area contributed by atoms with Crippen LogP contribution in [0.5, 0.6) is 0 Å². The summed E-state index contributed by atoms with van der Waals surface area (Å²) < 4.78 is 1.06. The van der Waals surface area contributed by atoms with Crippen molar-refractivity contribution in [3.63, 3.8) is 0 Å². The van der Waals surface area contributed by atoms with Crippen LogP contribution in [0.4, 0.5) is 0 Å². The standard InChI is InChI=1S/C15H19BrO/c16-14-10-6-5-9-13(14)11-15(17)12-7-3-1-2-4-8-12/h5-6,9-10,12H,1-4,7-8,11H2.